The predicted octanol–water partition coefficient (Wildman–Crippen LogP) is 2.73. The van der Waals surface area contributed by atoms with Gasteiger partial charge in [0.15, 0.2) is 0 Å². The minimum absolute atomic E-state index is 0.0615. The van der Waals surface area contributed by atoms with Crippen LogP contribution in [0.2, 0.25) is 0 Å². The van der Waals surface area contributed by atoms with E-state index in [4.69, 9.17) is 0 Å². The van der Waals surface area contributed by atoms with Gasteiger partial charge in [-0.05, 0) is 25.0 Å². The average Bonchev–Trinajstić information content (AvgIpc) is 2.42. The van der Waals surface area contributed by atoms with Crippen LogP contribution in [0.1, 0.15) is 39.0 Å². The molecule has 1 saturated carbocycles. The molecule has 0 saturated heterocycles. The Balaban J connectivity index is 2.27. The predicted molar refractivity (Wildman–Crippen MR) is 72.5 cm³/mol. The standard InChI is InChI=1S/C15H21NO2/c1-2-15(18)16(12-8-4-3-5-9-12)13-10-6-7-11-14(13)17/h3-5,8-9,13-14,17H,2,6-7,10-11H2,1H3/t13-,14-/m0/s1. The number of aliphatic hydroxyl groups is 1. The van der Waals surface area contributed by atoms with E-state index in [2.05, 4.69) is 0 Å². The Bertz CT molecular complexity index is 391. The maximum absolute atomic E-state index is 12.2. The quantitative estimate of drug-likeness (QED) is 0.892. The summed E-state index contributed by atoms with van der Waals surface area (Å²) in [5.41, 5.74) is 0.898. The van der Waals surface area contributed by atoms with Crippen molar-refractivity contribution in [3.05, 3.63) is 30.3 Å². The number of amides is 1. The molecule has 98 valence electrons. The van der Waals surface area contributed by atoms with Crippen LogP contribution in [0.4, 0.5) is 5.69 Å². The van der Waals surface area contributed by atoms with Gasteiger partial charge in [-0.3, -0.25) is 4.79 Å². The van der Waals surface area contributed by atoms with E-state index < -0.39 is 6.10 Å². The highest BCUT2D eigenvalue weighted by Crippen LogP contribution is 2.28. The lowest BCUT2D eigenvalue weighted by atomic mass is 9.90. The molecule has 0 bridgehead atoms. The van der Waals surface area contributed by atoms with Crippen LogP contribution >= 0.6 is 0 Å². The van der Waals surface area contributed by atoms with Crippen LogP contribution < -0.4 is 4.90 Å². The Morgan fingerprint density at radius 2 is 1.94 bits per heavy atom. The van der Waals surface area contributed by atoms with Crippen LogP contribution in [0.25, 0.3) is 0 Å². The first kappa shape index (κ1) is 13.1. The molecule has 1 N–H and O–H groups in total. The first-order chi connectivity index (χ1) is 8.74. The number of benzene rings is 1. The monoisotopic (exact) mass is 247 g/mol. The largest absolute Gasteiger partial charge is 0.391 e. The first-order valence-electron chi connectivity index (χ1n) is 6.79. The van der Waals surface area contributed by atoms with Crippen molar-refractivity contribution in [1.82, 2.24) is 0 Å². The van der Waals surface area contributed by atoms with Crippen molar-refractivity contribution in [3.8, 4) is 0 Å². The summed E-state index contributed by atoms with van der Waals surface area (Å²) >= 11 is 0. The fourth-order valence-corrected chi connectivity index (χ4v) is 2.67. The zero-order valence-corrected chi connectivity index (χ0v) is 10.9. The fourth-order valence-electron chi connectivity index (χ4n) is 2.67. The molecule has 1 fully saturated rings. The Labute approximate surface area is 108 Å². The van der Waals surface area contributed by atoms with Gasteiger partial charge in [-0.1, -0.05) is 38.0 Å². The third kappa shape index (κ3) is 2.72. The Hall–Kier alpha value is -1.35. The molecule has 0 aromatic heterocycles. The number of para-hydroxylation sites is 1. The van der Waals surface area contributed by atoms with Crippen LogP contribution in [0.3, 0.4) is 0 Å². The topological polar surface area (TPSA) is 40.5 Å². The molecule has 2 rings (SSSR count). The number of nitrogens with zero attached hydrogens (tertiary/aromatic N) is 1. The Morgan fingerprint density at radius 1 is 1.28 bits per heavy atom. The number of hydrogen-bond acceptors (Lipinski definition) is 2. The van der Waals surface area contributed by atoms with Gasteiger partial charge in [-0.15, -0.1) is 0 Å². The summed E-state index contributed by atoms with van der Waals surface area (Å²) < 4.78 is 0. The van der Waals surface area contributed by atoms with E-state index in [1.54, 1.807) is 4.90 Å². The lowest BCUT2D eigenvalue weighted by Gasteiger charge is -2.37. The van der Waals surface area contributed by atoms with E-state index in [9.17, 15) is 9.90 Å². The maximum atomic E-state index is 12.2. The number of carbonyl (C=O) groups excluding carboxylic acids is 1. The average molecular weight is 247 g/mol. The van der Waals surface area contributed by atoms with Gasteiger partial charge in [0.1, 0.15) is 0 Å². The van der Waals surface area contributed by atoms with Crippen molar-refractivity contribution >= 4 is 11.6 Å². The smallest absolute Gasteiger partial charge is 0.227 e. The molecule has 1 aliphatic rings. The summed E-state index contributed by atoms with van der Waals surface area (Å²) in [4.78, 5) is 14.0. The summed E-state index contributed by atoms with van der Waals surface area (Å²) in [7, 11) is 0. The molecule has 2 atom stereocenters. The van der Waals surface area contributed by atoms with Crippen LogP contribution in [-0.4, -0.2) is 23.2 Å². The SMILES string of the molecule is CCC(=O)N(c1ccccc1)[C@H]1CCCC[C@@H]1O. The highest BCUT2D eigenvalue weighted by atomic mass is 16.3. The number of rotatable bonds is 3. The van der Waals surface area contributed by atoms with E-state index >= 15 is 0 Å². The Kier molecular flexibility index (Phi) is 4.37. The summed E-state index contributed by atoms with van der Waals surface area (Å²) in [5, 5.41) is 10.2. The molecular weight excluding hydrogens is 226 g/mol. The first-order valence-corrected chi connectivity index (χ1v) is 6.79. The van der Waals surface area contributed by atoms with Crippen molar-refractivity contribution in [2.75, 3.05) is 4.90 Å². The van der Waals surface area contributed by atoms with Gasteiger partial charge in [-0.25, -0.2) is 0 Å². The van der Waals surface area contributed by atoms with Gasteiger partial charge in [-0.2, -0.15) is 0 Å². The van der Waals surface area contributed by atoms with E-state index in [-0.39, 0.29) is 11.9 Å². The molecular formula is C15H21NO2. The number of hydrogen-bond donors (Lipinski definition) is 1. The van der Waals surface area contributed by atoms with Gasteiger partial charge in [0.2, 0.25) is 5.91 Å². The summed E-state index contributed by atoms with van der Waals surface area (Å²) in [6.45, 7) is 1.87. The van der Waals surface area contributed by atoms with E-state index in [1.807, 2.05) is 37.3 Å². The fraction of sp³-hybridized carbons (Fsp3) is 0.533. The highest BCUT2D eigenvalue weighted by molar-refractivity contribution is 5.93. The maximum Gasteiger partial charge on any atom is 0.227 e. The highest BCUT2D eigenvalue weighted by Gasteiger charge is 2.31. The van der Waals surface area contributed by atoms with Crippen molar-refractivity contribution in [3.63, 3.8) is 0 Å². The minimum Gasteiger partial charge on any atom is -0.391 e. The lowest BCUT2D eigenvalue weighted by molar-refractivity contribution is -0.119. The molecule has 0 aliphatic heterocycles. The van der Waals surface area contributed by atoms with Crippen molar-refractivity contribution in [2.24, 2.45) is 0 Å². The molecule has 3 nitrogen and oxygen atoms in total. The molecule has 1 aromatic rings. The lowest BCUT2D eigenvalue weighted by Crippen LogP contribution is -2.48. The zero-order chi connectivity index (χ0) is 13.0. The van der Waals surface area contributed by atoms with Gasteiger partial charge >= 0.3 is 0 Å². The molecule has 0 radical (unpaired) electrons. The van der Waals surface area contributed by atoms with Gasteiger partial charge in [0.05, 0.1) is 12.1 Å². The second-order valence-corrected chi connectivity index (χ2v) is 4.87. The van der Waals surface area contributed by atoms with Gasteiger partial charge in [0.25, 0.3) is 0 Å². The second-order valence-electron chi connectivity index (χ2n) is 4.87. The molecule has 3 heteroatoms. The van der Waals surface area contributed by atoms with Crippen molar-refractivity contribution in [2.45, 2.75) is 51.2 Å². The van der Waals surface area contributed by atoms with Crippen LogP contribution in [0, 0.1) is 0 Å². The van der Waals surface area contributed by atoms with Crippen LogP contribution in [-0.2, 0) is 4.79 Å². The summed E-state index contributed by atoms with van der Waals surface area (Å²) in [5.74, 6) is 0.0900. The molecule has 18 heavy (non-hydrogen) atoms. The van der Waals surface area contributed by atoms with Gasteiger partial charge < -0.3 is 10.0 Å². The molecule has 0 spiro atoms. The van der Waals surface area contributed by atoms with Crippen molar-refractivity contribution < 1.29 is 9.90 Å². The normalized spacial score (nSPS) is 23.7. The second kappa shape index (κ2) is 6.01. The van der Waals surface area contributed by atoms with Crippen molar-refractivity contribution in [1.29, 1.82) is 0 Å². The van der Waals surface area contributed by atoms with Crippen LogP contribution in [0.15, 0.2) is 30.3 Å². The Morgan fingerprint density at radius 3 is 2.56 bits per heavy atom. The van der Waals surface area contributed by atoms with Gasteiger partial charge in [0, 0.05) is 12.1 Å². The van der Waals surface area contributed by atoms with E-state index in [1.165, 1.54) is 0 Å². The van der Waals surface area contributed by atoms with Crippen LogP contribution in [0.5, 0.6) is 0 Å². The molecule has 0 heterocycles. The molecule has 0 unspecified atom stereocenters. The number of anilines is 1. The minimum atomic E-state index is -0.394. The third-order valence-corrected chi connectivity index (χ3v) is 3.63. The zero-order valence-electron chi connectivity index (χ0n) is 10.9. The van der Waals surface area contributed by atoms with E-state index in [0.717, 1.165) is 31.4 Å². The summed E-state index contributed by atoms with van der Waals surface area (Å²) in [6, 6.07) is 9.62. The third-order valence-electron chi connectivity index (χ3n) is 3.63. The molecule has 1 aliphatic carbocycles. The number of aliphatic hydroxyl groups excluding tert-OH is 1. The summed E-state index contributed by atoms with van der Waals surface area (Å²) in [6.07, 6.45) is 3.91. The molecule has 1 aromatic carbocycles. The number of carbonyl (C=O) groups is 1. The molecule has 1 amide bonds. The van der Waals surface area contributed by atoms with E-state index in [0.29, 0.717) is 6.42 Å².